The van der Waals surface area contributed by atoms with Gasteiger partial charge >= 0.3 is 0 Å². The highest BCUT2D eigenvalue weighted by molar-refractivity contribution is 5.39. The summed E-state index contributed by atoms with van der Waals surface area (Å²) in [6.45, 7) is -1.96. The maximum atomic E-state index is 13.6. The summed E-state index contributed by atoms with van der Waals surface area (Å²) in [4.78, 5) is 0. The minimum Gasteiger partial charge on any atom is -0.392 e. The van der Waals surface area contributed by atoms with Crippen LogP contribution in [0.5, 0.6) is 0 Å². The molecule has 0 unspecified atom stereocenters. The average Bonchev–Trinajstić information content (AvgIpc) is 2.27. The molecule has 0 fully saturated rings. The van der Waals surface area contributed by atoms with Crippen LogP contribution in [0.15, 0.2) is 6.07 Å². The second kappa shape index (κ2) is 5.18. The molecule has 0 saturated heterocycles. The molecule has 84 valence electrons. The number of rotatable bonds is 4. The number of hydrogen-bond donors (Lipinski definition) is 4. The van der Waals surface area contributed by atoms with E-state index in [0.29, 0.717) is 0 Å². The summed E-state index contributed by atoms with van der Waals surface area (Å²) < 4.78 is 13.6. The van der Waals surface area contributed by atoms with Gasteiger partial charge in [0.15, 0.2) is 0 Å². The first-order valence-corrected chi connectivity index (χ1v) is 4.45. The third-order valence-electron chi connectivity index (χ3n) is 2.31. The lowest BCUT2D eigenvalue weighted by molar-refractivity contribution is 0.240. The topological polar surface area (TPSA) is 80.9 Å². The van der Waals surface area contributed by atoms with Gasteiger partial charge in [0.1, 0.15) is 5.82 Å². The number of hydrogen-bond acceptors (Lipinski definition) is 4. The Morgan fingerprint density at radius 3 is 1.47 bits per heavy atom. The predicted molar refractivity (Wildman–Crippen MR) is 50.1 cm³/mol. The van der Waals surface area contributed by atoms with Crippen LogP contribution in [-0.4, -0.2) is 20.4 Å². The van der Waals surface area contributed by atoms with Crippen molar-refractivity contribution in [3.63, 3.8) is 0 Å². The van der Waals surface area contributed by atoms with Crippen molar-refractivity contribution in [2.24, 2.45) is 0 Å². The van der Waals surface area contributed by atoms with E-state index in [9.17, 15) is 4.39 Å². The summed E-state index contributed by atoms with van der Waals surface area (Å²) in [7, 11) is 0. The lowest BCUT2D eigenvalue weighted by Crippen LogP contribution is -2.07. The van der Waals surface area contributed by atoms with Gasteiger partial charge in [-0.15, -0.1) is 0 Å². The summed E-state index contributed by atoms with van der Waals surface area (Å²) in [6.07, 6.45) is 0. The Hall–Kier alpha value is -1.01. The van der Waals surface area contributed by atoms with Gasteiger partial charge in [-0.3, -0.25) is 0 Å². The van der Waals surface area contributed by atoms with Crippen molar-refractivity contribution in [1.82, 2.24) is 0 Å². The van der Waals surface area contributed by atoms with Crippen molar-refractivity contribution >= 4 is 0 Å². The van der Waals surface area contributed by atoms with Crippen molar-refractivity contribution < 1.29 is 24.8 Å². The fourth-order valence-corrected chi connectivity index (χ4v) is 1.47. The van der Waals surface area contributed by atoms with Gasteiger partial charge in [-0.1, -0.05) is 6.07 Å². The van der Waals surface area contributed by atoms with Gasteiger partial charge in [-0.2, -0.15) is 0 Å². The molecule has 0 heterocycles. The standard InChI is InChI=1S/C10H13FO4/c11-10-8(4-14)6(2-12)1-7(3-13)9(10)5-15/h1,12-15H,2-5H2. The molecule has 1 rings (SSSR count). The van der Waals surface area contributed by atoms with Crippen molar-refractivity contribution in [1.29, 1.82) is 0 Å². The molecule has 0 saturated carbocycles. The SMILES string of the molecule is OCc1cc(CO)c(CO)c(F)c1CO. The highest BCUT2D eigenvalue weighted by Gasteiger charge is 2.16. The minimum absolute atomic E-state index is 0.0428. The Balaban J connectivity index is 3.41. The molecule has 0 amide bonds. The van der Waals surface area contributed by atoms with Crippen LogP contribution in [0, 0.1) is 5.82 Å². The Kier molecular flexibility index (Phi) is 4.16. The molecule has 4 nitrogen and oxygen atoms in total. The van der Waals surface area contributed by atoms with E-state index in [1.54, 1.807) is 0 Å². The maximum absolute atomic E-state index is 13.6. The Labute approximate surface area is 86.2 Å². The molecule has 0 spiro atoms. The first-order chi connectivity index (χ1) is 7.19. The van der Waals surface area contributed by atoms with Gasteiger partial charge in [0.2, 0.25) is 0 Å². The second-order valence-corrected chi connectivity index (χ2v) is 3.10. The Morgan fingerprint density at radius 1 is 0.800 bits per heavy atom. The van der Waals surface area contributed by atoms with Gasteiger partial charge in [0, 0.05) is 11.1 Å². The van der Waals surface area contributed by atoms with Gasteiger partial charge in [-0.05, 0) is 11.1 Å². The quantitative estimate of drug-likeness (QED) is 0.561. The number of benzene rings is 1. The molecule has 15 heavy (non-hydrogen) atoms. The van der Waals surface area contributed by atoms with Crippen LogP contribution < -0.4 is 0 Å². The molecular weight excluding hydrogens is 203 g/mol. The van der Waals surface area contributed by atoms with Gasteiger partial charge < -0.3 is 20.4 Å². The minimum atomic E-state index is -0.768. The van der Waals surface area contributed by atoms with E-state index in [-0.39, 0.29) is 22.3 Å². The zero-order valence-electron chi connectivity index (χ0n) is 8.07. The highest BCUT2D eigenvalue weighted by atomic mass is 19.1. The molecule has 1 aromatic carbocycles. The normalized spacial score (nSPS) is 10.7. The zero-order valence-corrected chi connectivity index (χ0v) is 8.07. The van der Waals surface area contributed by atoms with Crippen molar-refractivity contribution in [3.8, 4) is 0 Å². The van der Waals surface area contributed by atoms with Crippen LogP contribution in [0.4, 0.5) is 4.39 Å². The van der Waals surface area contributed by atoms with E-state index in [2.05, 4.69) is 0 Å². The van der Waals surface area contributed by atoms with Gasteiger partial charge in [0.05, 0.1) is 26.4 Å². The number of halogens is 1. The average molecular weight is 216 g/mol. The highest BCUT2D eigenvalue weighted by Crippen LogP contribution is 2.23. The molecule has 0 radical (unpaired) electrons. The third-order valence-corrected chi connectivity index (χ3v) is 2.31. The molecule has 5 heteroatoms. The molecular formula is C10H13FO4. The van der Waals surface area contributed by atoms with Crippen LogP contribution in [-0.2, 0) is 26.4 Å². The second-order valence-electron chi connectivity index (χ2n) is 3.10. The fraction of sp³-hybridized carbons (Fsp3) is 0.400. The molecule has 0 bridgehead atoms. The first-order valence-electron chi connectivity index (χ1n) is 4.45. The van der Waals surface area contributed by atoms with E-state index in [0.717, 1.165) is 0 Å². The Bertz CT molecular complexity index is 322. The van der Waals surface area contributed by atoms with Gasteiger partial charge in [-0.25, -0.2) is 4.39 Å². The molecule has 0 atom stereocenters. The summed E-state index contributed by atoms with van der Waals surface area (Å²) in [5.74, 6) is -0.768. The van der Waals surface area contributed by atoms with E-state index < -0.39 is 32.2 Å². The predicted octanol–water partition coefficient (Wildman–Crippen LogP) is -0.205. The van der Waals surface area contributed by atoms with Crippen molar-refractivity contribution in [3.05, 3.63) is 34.1 Å². The van der Waals surface area contributed by atoms with Crippen LogP contribution >= 0.6 is 0 Å². The number of aliphatic hydroxyl groups excluding tert-OH is 4. The molecule has 0 aliphatic heterocycles. The molecule has 1 aromatic rings. The van der Waals surface area contributed by atoms with Crippen LogP contribution in [0.3, 0.4) is 0 Å². The van der Waals surface area contributed by atoms with Crippen molar-refractivity contribution in [2.75, 3.05) is 0 Å². The van der Waals surface area contributed by atoms with Crippen molar-refractivity contribution in [2.45, 2.75) is 26.4 Å². The largest absolute Gasteiger partial charge is 0.392 e. The smallest absolute Gasteiger partial charge is 0.134 e. The summed E-state index contributed by atoms with van der Waals surface area (Å²) in [5.41, 5.74) is 0.352. The van der Waals surface area contributed by atoms with Crippen LogP contribution in [0.1, 0.15) is 22.3 Å². The lowest BCUT2D eigenvalue weighted by atomic mass is 9.98. The lowest BCUT2D eigenvalue weighted by Gasteiger charge is -2.13. The summed E-state index contributed by atoms with van der Waals surface area (Å²) >= 11 is 0. The van der Waals surface area contributed by atoms with E-state index in [1.807, 2.05) is 0 Å². The summed E-state index contributed by atoms with van der Waals surface area (Å²) in [5, 5.41) is 35.7. The molecule has 0 aliphatic rings. The fourth-order valence-electron chi connectivity index (χ4n) is 1.47. The van der Waals surface area contributed by atoms with E-state index in [4.69, 9.17) is 20.4 Å². The van der Waals surface area contributed by atoms with Gasteiger partial charge in [0.25, 0.3) is 0 Å². The summed E-state index contributed by atoms with van der Waals surface area (Å²) in [6, 6.07) is 1.38. The molecule has 0 aliphatic carbocycles. The van der Waals surface area contributed by atoms with Crippen LogP contribution in [0.25, 0.3) is 0 Å². The number of aliphatic hydroxyl groups is 4. The first kappa shape index (κ1) is 12.1. The molecule has 4 N–H and O–H groups in total. The third kappa shape index (κ3) is 2.15. The zero-order chi connectivity index (χ0) is 11.4. The van der Waals surface area contributed by atoms with E-state index in [1.165, 1.54) is 6.07 Å². The Morgan fingerprint density at radius 2 is 1.20 bits per heavy atom. The molecule has 0 aromatic heterocycles. The van der Waals surface area contributed by atoms with Crippen LogP contribution in [0.2, 0.25) is 0 Å². The monoisotopic (exact) mass is 216 g/mol. The maximum Gasteiger partial charge on any atom is 0.134 e. The van der Waals surface area contributed by atoms with E-state index >= 15 is 0 Å².